The minimum Gasteiger partial charge on any atom is -0.456 e. The van der Waals surface area contributed by atoms with Crippen LogP contribution in [0.2, 0.25) is 0 Å². The first-order valence-corrected chi connectivity index (χ1v) is 39.8. The maximum absolute atomic E-state index is 6.21. The number of para-hydroxylation sites is 9. The van der Waals surface area contributed by atoms with Gasteiger partial charge in [-0.25, -0.2) is 15.0 Å². The first kappa shape index (κ1) is 62.0. The SMILES string of the molecule is c1cc(-c2ccc3c(c2)n2c4ccccc4nc2n3-c2ccc3oc4ccccc4c3c2)cc(-c2ccc3c(c2)n2c4ccccc4nc2n3-c2ccc3oc4ccccc4c3c2)c1.c1ccc([Si](c2ccccc2)(c2ccccc2)c2ccc3c(c2)n2c4ccccc4nc2n3-c2ccc3oc4ccccc4c3c2)cc1. The Bertz CT molecular complexity index is 7790. The Hall–Kier alpha value is -15.1. The van der Waals surface area contributed by atoms with E-state index in [1.54, 1.807) is 0 Å². The molecule has 0 aliphatic carbocycles. The van der Waals surface area contributed by atoms with Crippen LogP contribution in [0.15, 0.2) is 383 Å². The van der Waals surface area contributed by atoms with Gasteiger partial charge in [0.2, 0.25) is 17.3 Å². The Morgan fingerprint density at radius 3 is 0.893 bits per heavy atom. The minimum atomic E-state index is -2.73. The molecule has 0 aliphatic rings. The second kappa shape index (κ2) is 24.0. The molecule has 0 bridgehead atoms. The van der Waals surface area contributed by atoms with Crippen molar-refractivity contribution in [1.82, 2.24) is 41.9 Å². The molecular formula is C99H61N9O3Si. The molecule has 0 saturated carbocycles. The average Bonchev–Trinajstić information content (AvgIpc) is 1.49. The molecule has 16 aromatic carbocycles. The summed E-state index contributed by atoms with van der Waals surface area (Å²) in [5.41, 5.74) is 25.6. The number of aromatic nitrogens is 9. The summed E-state index contributed by atoms with van der Waals surface area (Å²) in [6, 6.07) is 132. The van der Waals surface area contributed by atoms with Gasteiger partial charge < -0.3 is 13.3 Å². The van der Waals surface area contributed by atoms with Gasteiger partial charge in [0.05, 0.1) is 83.3 Å². The first-order valence-electron chi connectivity index (χ1n) is 37.8. The van der Waals surface area contributed by atoms with E-state index < -0.39 is 8.07 Å². The maximum atomic E-state index is 6.21. The Kier molecular flexibility index (Phi) is 13.3. The highest BCUT2D eigenvalue weighted by Crippen LogP contribution is 2.41. The fraction of sp³-hybridized carbons (Fsp3) is 0. The van der Waals surface area contributed by atoms with Crippen LogP contribution in [0.3, 0.4) is 0 Å². The van der Waals surface area contributed by atoms with Gasteiger partial charge in [-0.05, 0) is 195 Å². The van der Waals surface area contributed by atoms with E-state index in [9.17, 15) is 0 Å². The number of hydrogen-bond acceptors (Lipinski definition) is 6. The molecule has 112 heavy (non-hydrogen) atoms. The third kappa shape index (κ3) is 9.13. The van der Waals surface area contributed by atoms with Crippen LogP contribution in [0, 0.1) is 0 Å². The summed E-state index contributed by atoms with van der Waals surface area (Å²) in [4.78, 5) is 15.7. The lowest BCUT2D eigenvalue weighted by Crippen LogP contribution is -2.74. The quantitative estimate of drug-likeness (QED) is 0.105. The number of nitrogens with zero attached hydrogens (tertiary/aromatic N) is 9. The molecule has 0 spiro atoms. The Morgan fingerprint density at radius 2 is 0.509 bits per heavy atom. The summed E-state index contributed by atoms with van der Waals surface area (Å²) in [6.07, 6.45) is 0. The van der Waals surface area contributed by atoms with Crippen molar-refractivity contribution in [2.75, 3.05) is 0 Å². The topological polar surface area (TPSA) is 106 Å². The smallest absolute Gasteiger partial charge is 0.220 e. The van der Waals surface area contributed by atoms with E-state index in [1.807, 2.05) is 36.4 Å². The molecule has 9 heterocycles. The summed E-state index contributed by atoms with van der Waals surface area (Å²) < 4.78 is 32.4. The van der Waals surface area contributed by atoms with Gasteiger partial charge in [0, 0.05) is 32.3 Å². The summed E-state index contributed by atoms with van der Waals surface area (Å²) in [5.74, 6) is 2.62. The Balaban J connectivity index is 0.000000136. The first-order chi connectivity index (χ1) is 55.5. The molecule has 0 amide bonds. The lowest BCUT2D eigenvalue weighted by atomic mass is 9.98. The normalized spacial score (nSPS) is 12.3. The molecule has 0 radical (unpaired) electrons. The molecule has 524 valence electrons. The predicted octanol–water partition coefficient (Wildman–Crippen LogP) is 22.0. The average molecular weight is 1450 g/mol. The van der Waals surface area contributed by atoms with Crippen LogP contribution >= 0.6 is 0 Å². The van der Waals surface area contributed by atoms with E-state index in [0.29, 0.717) is 0 Å². The highest BCUT2D eigenvalue weighted by Gasteiger charge is 2.42. The molecule has 0 saturated heterocycles. The Labute approximate surface area is 638 Å². The highest BCUT2D eigenvalue weighted by atomic mass is 28.3. The van der Waals surface area contributed by atoms with Crippen molar-refractivity contribution < 1.29 is 13.3 Å². The van der Waals surface area contributed by atoms with Crippen LogP contribution < -0.4 is 20.7 Å². The fourth-order valence-electron chi connectivity index (χ4n) is 18.1. The molecule has 0 atom stereocenters. The monoisotopic (exact) mass is 1450 g/mol. The van der Waals surface area contributed by atoms with E-state index in [1.165, 1.54) is 20.7 Å². The van der Waals surface area contributed by atoms with Crippen molar-refractivity contribution in [3.63, 3.8) is 0 Å². The molecule has 0 aliphatic heterocycles. The fourth-order valence-corrected chi connectivity index (χ4v) is 22.8. The number of benzene rings is 16. The van der Waals surface area contributed by atoms with Gasteiger partial charge in [0.25, 0.3) is 0 Å². The molecule has 9 aromatic heterocycles. The zero-order valence-electron chi connectivity index (χ0n) is 60.0. The van der Waals surface area contributed by atoms with Gasteiger partial charge in [-0.3, -0.25) is 26.9 Å². The van der Waals surface area contributed by atoms with E-state index in [0.717, 1.165) is 189 Å². The van der Waals surface area contributed by atoms with Crippen molar-refractivity contribution in [2.24, 2.45) is 0 Å². The number of imidazole rings is 6. The van der Waals surface area contributed by atoms with E-state index in [2.05, 4.69) is 361 Å². The molecular weight excluding hydrogens is 1390 g/mol. The molecule has 25 aromatic rings. The number of rotatable bonds is 9. The van der Waals surface area contributed by atoms with E-state index >= 15 is 0 Å². The highest BCUT2D eigenvalue weighted by molar-refractivity contribution is 7.20. The molecule has 0 fully saturated rings. The van der Waals surface area contributed by atoms with Crippen molar-refractivity contribution in [3.05, 3.63) is 370 Å². The van der Waals surface area contributed by atoms with Gasteiger partial charge >= 0.3 is 0 Å². The zero-order chi connectivity index (χ0) is 73.3. The molecule has 13 heteroatoms. The van der Waals surface area contributed by atoms with Gasteiger partial charge in [-0.2, -0.15) is 0 Å². The maximum Gasteiger partial charge on any atom is 0.220 e. The number of fused-ring (bicyclic) bond motifs is 24. The second-order valence-corrected chi connectivity index (χ2v) is 32.9. The number of furan rings is 3. The Morgan fingerprint density at radius 1 is 0.196 bits per heavy atom. The molecule has 0 unspecified atom stereocenters. The van der Waals surface area contributed by atoms with Crippen molar-refractivity contribution in [2.45, 2.75) is 0 Å². The van der Waals surface area contributed by atoms with Crippen molar-refractivity contribution >= 4 is 178 Å². The molecule has 25 rings (SSSR count). The molecule has 0 N–H and O–H groups in total. The predicted molar refractivity (Wildman–Crippen MR) is 458 cm³/mol. The summed E-state index contributed by atoms with van der Waals surface area (Å²) in [7, 11) is -2.73. The van der Waals surface area contributed by atoms with Crippen molar-refractivity contribution in [3.8, 4) is 39.3 Å². The van der Waals surface area contributed by atoms with Gasteiger partial charge in [0.1, 0.15) is 33.5 Å². The largest absolute Gasteiger partial charge is 0.456 e. The summed E-state index contributed by atoms with van der Waals surface area (Å²) in [5, 5.41) is 12.0. The van der Waals surface area contributed by atoms with Gasteiger partial charge in [-0.1, -0.05) is 218 Å². The van der Waals surface area contributed by atoms with Crippen LogP contribution in [-0.2, 0) is 0 Å². The van der Waals surface area contributed by atoms with E-state index in [4.69, 9.17) is 28.2 Å². The third-order valence-corrected chi connectivity index (χ3v) is 27.8. The standard InChI is InChI=1S/C56H32N6O2.C43H29N3OSi/c1-7-18-51-39(12-1)41-31-37(22-26-53(41)63-51)59-47-24-20-35(29-49(47)61-45-16-5-3-14-43(45)57-55(59)61)33-10-9-11-34(28-33)36-21-25-48-50(30-36)62-46-17-6-4-15-44(46)58-56(62)60(48)38-23-27-54-42(32-38)40-13-2-8-19-52(40)64-54;1-4-14-31(15-5-1)48(32-16-6-2-7-17-32,33-18-8-3-9-19-33)34-25-26-39-40(29-34)46-38-22-12-11-21-37(38)44-43(46)45(39)30-24-27-42-36(28-30)35-20-10-13-23-41(35)47-42/h1-32H;1-29H. The minimum absolute atomic E-state index is 0.867. The lowest BCUT2D eigenvalue weighted by Gasteiger charge is -2.34. The second-order valence-electron chi connectivity index (χ2n) is 29.1. The summed E-state index contributed by atoms with van der Waals surface area (Å²) in [6.45, 7) is 0. The van der Waals surface area contributed by atoms with Crippen molar-refractivity contribution in [1.29, 1.82) is 0 Å². The van der Waals surface area contributed by atoms with Crippen LogP contribution in [0.5, 0.6) is 0 Å². The van der Waals surface area contributed by atoms with Gasteiger partial charge in [-0.15, -0.1) is 0 Å². The summed E-state index contributed by atoms with van der Waals surface area (Å²) >= 11 is 0. The van der Waals surface area contributed by atoms with Gasteiger partial charge in [0.15, 0.2) is 8.07 Å². The van der Waals surface area contributed by atoms with Crippen LogP contribution in [0.1, 0.15) is 0 Å². The zero-order valence-corrected chi connectivity index (χ0v) is 61.0. The van der Waals surface area contributed by atoms with Crippen LogP contribution in [0.4, 0.5) is 0 Å². The number of hydrogen-bond donors (Lipinski definition) is 0. The molecule has 12 nitrogen and oxygen atoms in total. The van der Waals surface area contributed by atoms with Crippen LogP contribution in [0.25, 0.3) is 189 Å². The van der Waals surface area contributed by atoms with Crippen LogP contribution in [-0.4, -0.2) is 49.9 Å². The lowest BCUT2D eigenvalue weighted by molar-refractivity contribution is 0.668. The van der Waals surface area contributed by atoms with E-state index in [-0.39, 0.29) is 0 Å². The third-order valence-electron chi connectivity index (χ3n) is 23.0.